The lowest BCUT2D eigenvalue weighted by atomic mass is 10.3. The van der Waals surface area contributed by atoms with E-state index in [1.54, 1.807) is 7.11 Å². The van der Waals surface area contributed by atoms with Crippen LogP contribution in [0, 0.1) is 0 Å². The van der Waals surface area contributed by atoms with Gasteiger partial charge in [-0.15, -0.1) is 0 Å². The molecule has 0 aliphatic rings. The molecular formula is C7H7O2Si. The van der Waals surface area contributed by atoms with Crippen LogP contribution < -0.4 is 9.16 Å². The summed E-state index contributed by atoms with van der Waals surface area (Å²) in [7, 11) is 4.52. The number of ether oxygens (including phenoxy) is 1. The van der Waals surface area contributed by atoms with E-state index in [2.05, 4.69) is 10.5 Å². The lowest BCUT2D eigenvalue weighted by molar-refractivity contribution is 0.397. The molecule has 0 saturated heterocycles. The van der Waals surface area contributed by atoms with E-state index < -0.39 is 0 Å². The molecule has 0 fully saturated rings. The van der Waals surface area contributed by atoms with Crippen LogP contribution in [0.25, 0.3) is 0 Å². The van der Waals surface area contributed by atoms with Crippen molar-refractivity contribution in [1.82, 2.24) is 0 Å². The van der Waals surface area contributed by atoms with Crippen LogP contribution in [0.1, 0.15) is 0 Å². The Kier molecular flexibility index (Phi) is 2.34. The largest absolute Gasteiger partial charge is 0.538 e. The molecule has 2 nitrogen and oxygen atoms in total. The molecule has 1 aromatic carbocycles. The Labute approximate surface area is 63.3 Å². The Morgan fingerprint density at radius 1 is 1.20 bits per heavy atom. The summed E-state index contributed by atoms with van der Waals surface area (Å²) in [6.45, 7) is 0. The van der Waals surface area contributed by atoms with E-state index in [0.29, 0.717) is 5.75 Å². The zero-order valence-corrected chi connectivity index (χ0v) is 6.63. The topological polar surface area (TPSA) is 18.5 Å². The Balaban J connectivity index is 2.96. The van der Waals surface area contributed by atoms with Gasteiger partial charge >= 0.3 is 10.5 Å². The average Bonchev–Trinajstić information content (AvgIpc) is 2.04. The minimum Gasteiger partial charge on any atom is -0.538 e. The van der Waals surface area contributed by atoms with Crippen molar-refractivity contribution < 1.29 is 9.16 Å². The second kappa shape index (κ2) is 3.27. The maximum atomic E-state index is 4.98. The van der Waals surface area contributed by atoms with E-state index in [9.17, 15) is 0 Å². The van der Waals surface area contributed by atoms with Crippen molar-refractivity contribution in [2.24, 2.45) is 0 Å². The second-order valence-electron chi connectivity index (χ2n) is 1.75. The molecule has 0 aliphatic carbocycles. The Morgan fingerprint density at radius 2 is 1.80 bits per heavy atom. The molecule has 0 amide bonds. The lowest BCUT2D eigenvalue weighted by Crippen LogP contribution is -1.89. The summed E-state index contributed by atoms with van der Waals surface area (Å²) in [6.07, 6.45) is 0. The van der Waals surface area contributed by atoms with Gasteiger partial charge in [-0.2, -0.15) is 0 Å². The van der Waals surface area contributed by atoms with Gasteiger partial charge in [0, 0.05) is 0 Å². The summed E-state index contributed by atoms with van der Waals surface area (Å²) in [5.41, 5.74) is 0. The molecule has 0 heterocycles. The molecule has 1 aromatic rings. The number of hydrogen-bond acceptors (Lipinski definition) is 2. The van der Waals surface area contributed by atoms with Crippen molar-refractivity contribution >= 4 is 10.5 Å². The highest BCUT2D eigenvalue weighted by Gasteiger charge is 1.97. The van der Waals surface area contributed by atoms with Crippen molar-refractivity contribution in [2.45, 2.75) is 0 Å². The first-order valence-corrected chi connectivity index (χ1v) is 3.26. The Hall–Kier alpha value is -0.963. The minimum atomic E-state index is 0.682. The fourth-order valence-corrected chi connectivity index (χ4v) is 0.872. The number of rotatable bonds is 2. The standard InChI is InChI=1S/C7H7O2Si/c1-8-6-4-2-3-5-7(6)9-10/h2-5H,1H3. The zero-order valence-electron chi connectivity index (χ0n) is 5.63. The van der Waals surface area contributed by atoms with Crippen LogP contribution >= 0.6 is 0 Å². The predicted octanol–water partition coefficient (Wildman–Crippen LogP) is 1.16. The summed E-state index contributed by atoms with van der Waals surface area (Å²) in [5, 5.41) is 0. The zero-order chi connectivity index (χ0) is 7.40. The van der Waals surface area contributed by atoms with Crippen molar-refractivity contribution in [3.8, 4) is 11.5 Å². The quantitative estimate of drug-likeness (QED) is 0.590. The maximum absolute atomic E-state index is 4.98. The van der Waals surface area contributed by atoms with E-state index in [4.69, 9.17) is 9.16 Å². The van der Waals surface area contributed by atoms with Crippen molar-refractivity contribution in [3.63, 3.8) is 0 Å². The average molecular weight is 151 g/mol. The molecule has 3 heteroatoms. The van der Waals surface area contributed by atoms with Gasteiger partial charge in [0.25, 0.3) is 0 Å². The summed E-state index contributed by atoms with van der Waals surface area (Å²) in [5.74, 6) is 1.40. The van der Waals surface area contributed by atoms with Gasteiger partial charge in [-0.25, -0.2) is 0 Å². The van der Waals surface area contributed by atoms with E-state index in [-0.39, 0.29) is 0 Å². The van der Waals surface area contributed by atoms with Gasteiger partial charge in [-0.3, -0.25) is 0 Å². The van der Waals surface area contributed by atoms with Gasteiger partial charge in [0.2, 0.25) is 0 Å². The molecule has 0 atom stereocenters. The van der Waals surface area contributed by atoms with Gasteiger partial charge < -0.3 is 9.16 Å². The van der Waals surface area contributed by atoms with Crippen molar-refractivity contribution in [2.75, 3.05) is 7.11 Å². The van der Waals surface area contributed by atoms with E-state index in [1.165, 1.54) is 0 Å². The number of para-hydroxylation sites is 2. The molecule has 0 saturated carbocycles. The van der Waals surface area contributed by atoms with Crippen LogP contribution in [-0.4, -0.2) is 17.6 Å². The van der Waals surface area contributed by atoms with Crippen molar-refractivity contribution in [1.29, 1.82) is 0 Å². The van der Waals surface area contributed by atoms with Gasteiger partial charge in [-0.1, -0.05) is 12.1 Å². The molecule has 0 aromatic heterocycles. The molecule has 51 valence electrons. The minimum absolute atomic E-state index is 0.682. The van der Waals surface area contributed by atoms with Crippen LogP contribution in [0.5, 0.6) is 11.5 Å². The number of hydrogen-bond donors (Lipinski definition) is 0. The molecule has 0 unspecified atom stereocenters. The third-order valence-corrected chi connectivity index (χ3v) is 1.40. The van der Waals surface area contributed by atoms with Crippen LogP contribution in [0.15, 0.2) is 24.3 Å². The third kappa shape index (κ3) is 1.30. The first-order chi connectivity index (χ1) is 4.88. The maximum Gasteiger partial charge on any atom is 0.341 e. The third-order valence-electron chi connectivity index (χ3n) is 1.18. The predicted molar refractivity (Wildman–Crippen MR) is 39.4 cm³/mol. The molecule has 10 heavy (non-hydrogen) atoms. The van der Waals surface area contributed by atoms with Gasteiger partial charge in [0.15, 0.2) is 5.75 Å². The highest BCUT2D eigenvalue weighted by molar-refractivity contribution is 6.00. The van der Waals surface area contributed by atoms with Crippen LogP contribution in [0.2, 0.25) is 0 Å². The van der Waals surface area contributed by atoms with Gasteiger partial charge in [-0.05, 0) is 12.1 Å². The first-order valence-electron chi connectivity index (χ1n) is 2.85. The fourth-order valence-electron chi connectivity index (χ4n) is 0.703. The van der Waals surface area contributed by atoms with Gasteiger partial charge in [0.05, 0.1) is 7.11 Å². The summed E-state index contributed by atoms with van der Waals surface area (Å²) >= 11 is 0. The molecule has 0 spiro atoms. The Bertz CT molecular complexity index is 190. The van der Waals surface area contributed by atoms with E-state index in [1.807, 2.05) is 24.3 Å². The summed E-state index contributed by atoms with van der Waals surface area (Å²) < 4.78 is 9.80. The number of benzene rings is 1. The lowest BCUT2D eigenvalue weighted by Gasteiger charge is -2.04. The summed E-state index contributed by atoms with van der Waals surface area (Å²) in [4.78, 5) is 0. The smallest absolute Gasteiger partial charge is 0.341 e. The molecule has 3 radical (unpaired) electrons. The summed E-state index contributed by atoms with van der Waals surface area (Å²) in [6, 6.07) is 7.40. The Morgan fingerprint density at radius 3 is 2.20 bits per heavy atom. The van der Waals surface area contributed by atoms with Crippen molar-refractivity contribution in [3.05, 3.63) is 24.3 Å². The number of methoxy groups -OCH3 is 1. The van der Waals surface area contributed by atoms with Crippen LogP contribution in [0.4, 0.5) is 0 Å². The highest BCUT2D eigenvalue weighted by atomic mass is 28.2. The normalized spacial score (nSPS) is 9.00. The van der Waals surface area contributed by atoms with Crippen LogP contribution in [0.3, 0.4) is 0 Å². The SMILES string of the molecule is COc1ccccc1O[Si]. The molecular weight excluding hydrogens is 144 g/mol. The molecule has 0 bridgehead atoms. The molecule has 1 rings (SSSR count). The van der Waals surface area contributed by atoms with E-state index >= 15 is 0 Å². The van der Waals surface area contributed by atoms with E-state index in [0.717, 1.165) is 5.75 Å². The van der Waals surface area contributed by atoms with Crippen LogP contribution in [-0.2, 0) is 0 Å². The highest BCUT2D eigenvalue weighted by Crippen LogP contribution is 2.24. The second-order valence-corrected chi connectivity index (χ2v) is 1.96. The monoisotopic (exact) mass is 151 g/mol. The molecule has 0 aliphatic heterocycles. The van der Waals surface area contributed by atoms with Gasteiger partial charge in [0.1, 0.15) is 5.75 Å². The first kappa shape index (κ1) is 7.15. The molecule has 0 N–H and O–H groups in total. The fraction of sp³-hybridized carbons (Fsp3) is 0.143.